The summed E-state index contributed by atoms with van der Waals surface area (Å²) < 4.78 is 5.35. The van der Waals surface area contributed by atoms with Crippen molar-refractivity contribution in [2.24, 2.45) is 0 Å². The Morgan fingerprint density at radius 2 is 2.00 bits per heavy atom. The zero-order valence-electron chi connectivity index (χ0n) is 12.9. The molecule has 0 saturated carbocycles. The maximum Gasteiger partial charge on any atom is 0.0992 e. The highest BCUT2D eigenvalue weighted by Crippen LogP contribution is 2.39. The van der Waals surface area contributed by atoms with Crippen LogP contribution in [0.1, 0.15) is 36.3 Å². The summed E-state index contributed by atoms with van der Waals surface area (Å²) in [6.07, 6.45) is 2.40. The Kier molecular flexibility index (Phi) is 4.46. The van der Waals surface area contributed by atoms with Crippen molar-refractivity contribution in [3.05, 3.63) is 28.3 Å². The summed E-state index contributed by atoms with van der Waals surface area (Å²) >= 11 is 6.36. The lowest BCUT2D eigenvalue weighted by atomic mass is 9.83. The van der Waals surface area contributed by atoms with Crippen molar-refractivity contribution in [3.63, 3.8) is 0 Å². The Hall–Kier alpha value is -1.79. The molecule has 5 nitrogen and oxygen atoms in total. The van der Waals surface area contributed by atoms with Gasteiger partial charge in [0.1, 0.15) is 0 Å². The predicted octanol–water partition coefficient (Wildman–Crippen LogP) is 2.66. The molecule has 2 aliphatic heterocycles. The maximum atomic E-state index is 9.12. The number of nitrogens with zero attached hydrogens (tertiary/aromatic N) is 3. The molecule has 2 N–H and O–H groups in total. The van der Waals surface area contributed by atoms with Crippen molar-refractivity contribution in [1.82, 2.24) is 4.90 Å². The summed E-state index contributed by atoms with van der Waals surface area (Å²) in [5.41, 5.74) is 7.82. The summed E-state index contributed by atoms with van der Waals surface area (Å²) in [4.78, 5) is 2.38. The summed E-state index contributed by atoms with van der Waals surface area (Å²) in [6, 6.07) is 7.91. The average Bonchev–Trinajstić information content (AvgIpc) is 2.53. The molecule has 0 atom stereocenters. The number of likely N-dealkylation sites (tertiary alicyclic amines) is 1. The molecule has 1 aromatic carbocycles. The van der Waals surface area contributed by atoms with E-state index < -0.39 is 0 Å². The third-order valence-electron chi connectivity index (χ3n) is 5.01. The zero-order valence-corrected chi connectivity index (χ0v) is 13.6. The van der Waals surface area contributed by atoms with Crippen LogP contribution in [0.4, 0.5) is 5.69 Å². The Bertz CT molecular complexity index is 679. The van der Waals surface area contributed by atoms with Crippen LogP contribution < -0.4 is 5.73 Å². The fourth-order valence-electron chi connectivity index (χ4n) is 3.58. The van der Waals surface area contributed by atoms with Gasteiger partial charge in [0, 0.05) is 0 Å². The maximum absolute atomic E-state index is 9.12. The highest BCUT2D eigenvalue weighted by Gasteiger charge is 2.45. The van der Waals surface area contributed by atoms with Crippen LogP contribution in [0.25, 0.3) is 0 Å². The van der Waals surface area contributed by atoms with E-state index in [1.807, 2.05) is 6.07 Å². The van der Waals surface area contributed by atoms with E-state index in [0.717, 1.165) is 31.5 Å². The minimum absolute atomic E-state index is 0.100. The first-order chi connectivity index (χ1) is 11.1. The van der Waals surface area contributed by atoms with Crippen LogP contribution in [0, 0.1) is 22.7 Å². The summed E-state index contributed by atoms with van der Waals surface area (Å²) in [6.45, 7) is 3.09. The van der Waals surface area contributed by atoms with E-state index >= 15 is 0 Å². The summed E-state index contributed by atoms with van der Waals surface area (Å²) in [5, 5.41) is 18.8. The fraction of sp³-hybridized carbons (Fsp3) is 0.529. The van der Waals surface area contributed by atoms with Crippen LogP contribution in [0.5, 0.6) is 0 Å². The molecule has 2 aliphatic rings. The number of hydrogen-bond acceptors (Lipinski definition) is 5. The quantitative estimate of drug-likeness (QED) is 0.861. The van der Waals surface area contributed by atoms with Gasteiger partial charge in [0.25, 0.3) is 0 Å². The van der Waals surface area contributed by atoms with Crippen molar-refractivity contribution in [2.45, 2.75) is 30.7 Å². The second-order valence-corrected chi connectivity index (χ2v) is 6.77. The van der Waals surface area contributed by atoms with E-state index in [1.165, 1.54) is 0 Å². The summed E-state index contributed by atoms with van der Waals surface area (Å²) in [7, 11) is 0. The van der Waals surface area contributed by atoms with Gasteiger partial charge in [-0.05, 0) is 49.5 Å². The predicted molar refractivity (Wildman–Crippen MR) is 87.9 cm³/mol. The van der Waals surface area contributed by atoms with Gasteiger partial charge in [0.15, 0.2) is 0 Å². The molecule has 1 aromatic rings. The average molecular weight is 331 g/mol. The molecule has 0 spiro atoms. The van der Waals surface area contributed by atoms with Gasteiger partial charge in [0.2, 0.25) is 0 Å². The molecule has 2 heterocycles. The largest absolute Gasteiger partial charge is 0.397 e. The van der Waals surface area contributed by atoms with Crippen molar-refractivity contribution in [2.75, 3.05) is 32.0 Å². The number of benzene rings is 1. The molecule has 23 heavy (non-hydrogen) atoms. The van der Waals surface area contributed by atoms with Gasteiger partial charge >= 0.3 is 0 Å². The van der Waals surface area contributed by atoms with Crippen LogP contribution in [-0.2, 0) is 4.74 Å². The molecule has 0 aromatic heterocycles. The number of hydrogen-bond donors (Lipinski definition) is 1. The lowest BCUT2D eigenvalue weighted by Crippen LogP contribution is -2.63. The highest BCUT2D eigenvalue weighted by atomic mass is 35.5. The van der Waals surface area contributed by atoms with Crippen LogP contribution in [-0.4, -0.2) is 36.7 Å². The lowest BCUT2D eigenvalue weighted by molar-refractivity contribution is -0.143. The van der Waals surface area contributed by atoms with E-state index in [4.69, 9.17) is 32.6 Å². The Morgan fingerprint density at radius 1 is 1.30 bits per heavy atom. The molecule has 6 heteroatoms. The van der Waals surface area contributed by atoms with Crippen molar-refractivity contribution in [1.29, 1.82) is 10.5 Å². The van der Waals surface area contributed by atoms with Crippen LogP contribution in [0.15, 0.2) is 12.1 Å². The molecule has 0 aliphatic carbocycles. The minimum Gasteiger partial charge on any atom is -0.397 e. The fourth-order valence-corrected chi connectivity index (χ4v) is 3.84. The number of ether oxygens (including phenoxy) is 1. The minimum atomic E-state index is -0.100. The number of nitriles is 2. The Balaban J connectivity index is 1.74. The summed E-state index contributed by atoms with van der Waals surface area (Å²) in [5.74, 6) is 0.300. The lowest BCUT2D eigenvalue weighted by Gasteiger charge is -2.51. The van der Waals surface area contributed by atoms with Gasteiger partial charge in [-0.25, -0.2) is 0 Å². The van der Waals surface area contributed by atoms with Gasteiger partial charge in [-0.1, -0.05) is 11.6 Å². The molecule has 3 rings (SSSR count). The number of nitrogens with two attached hydrogens (primary N) is 1. The van der Waals surface area contributed by atoms with Crippen molar-refractivity contribution in [3.8, 4) is 12.1 Å². The molecule has 0 unspecified atom stereocenters. The van der Waals surface area contributed by atoms with E-state index in [0.29, 0.717) is 41.8 Å². The molecule has 0 bridgehead atoms. The number of piperidine rings is 1. The SMILES string of the molecule is N#CCC1(N2CCC(c3cc(C#N)cc(N)c3Cl)CC2)COC1. The van der Waals surface area contributed by atoms with E-state index in [9.17, 15) is 0 Å². The smallest absolute Gasteiger partial charge is 0.0992 e. The Labute approximate surface area is 141 Å². The second kappa shape index (κ2) is 6.37. The van der Waals surface area contributed by atoms with Crippen molar-refractivity contribution < 1.29 is 4.74 Å². The third kappa shape index (κ3) is 2.88. The van der Waals surface area contributed by atoms with Crippen molar-refractivity contribution >= 4 is 17.3 Å². The molecule has 2 fully saturated rings. The molecular formula is C17H19ClN4O. The number of halogens is 1. The van der Waals surface area contributed by atoms with Crippen LogP contribution in [0.2, 0.25) is 5.02 Å². The number of nitrogen functional groups attached to an aromatic ring is 1. The monoisotopic (exact) mass is 330 g/mol. The number of anilines is 1. The molecule has 120 valence electrons. The molecule has 0 radical (unpaired) electrons. The van der Waals surface area contributed by atoms with Gasteiger partial charge in [-0.15, -0.1) is 0 Å². The first kappa shape index (κ1) is 16.1. The topological polar surface area (TPSA) is 86.1 Å². The van der Waals surface area contributed by atoms with Gasteiger partial charge in [0.05, 0.1) is 53.6 Å². The van der Waals surface area contributed by atoms with Gasteiger partial charge < -0.3 is 10.5 Å². The molecule has 0 amide bonds. The zero-order chi connectivity index (χ0) is 16.4. The van der Waals surface area contributed by atoms with Crippen LogP contribution >= 0.6 is 11.6 Å². The number of rotatable bonds is 3. The second-order valence-electron chi connectivity index (χ2n) is 6.39. The van der Waals surface area contributed by atoms with E-state index in [2.05, 4.69) is 17.0 Å². The van der Waals surface area contributed by atoms with E-state index in [-0.39, 0.29) is 5.54 Å². The van der Waals surface area contributed by atoms with E-state index in [1.54, 1.807) is 6.07 Å². The molecular weight excluding hydrogens is 312 g/mol. The first-order valence-electron chi connectivity index (χ1n) is 7.78. The highest BCUT2D eigenvalue weighted by molar-refractivity contribution is 6.34. The first-order valence-corrected chi connectivity index (χ1v) is 8.16. The van der Waals surface area contributed by atoms with Gasteiger partial charge in [-0.3, -0.25) is 4.90 Å². The standard InChI is InChI=1S/C17H19ClN4O/c18-16-14(7-12(9-20)8-15(16)21)13-1-5-22(6-2-13)17(3-4-19)10-23-11-17/h7-8,13H,1-3,5-6,10-11,21H2. The third-order valence-corrected chi connectivity index (χ3v) is 5.45. The van der Waals surface area contributed by atoms with Gasteiger partial charge in [-0.2, -0.15) is 10.5 Å². The Morgan fingerprint density at radius 3 is 2.52 bits per heavy atom. The van der Waals surface area contributed by atoms with Crippen LogP contribution in [0.3, 0.4) is 0 Å². The normalized spacial score (nSPS) is 21.2. The molecule has 2 saturated heterocycles.